The molecule has 10 nitrogen and oxygen atoms in total. The molecule has 3 heterocycles. The van der Waals surface area contributed by atoms with Crippen LogP contribution in [0.3, 0.4) is 0 Å². The van der Waals surface area contributed by atoms with Crippen molar-refractivity contribution in [3.63, 3.8) is 0 Å². The predicted octanol–water partition coefficient (Wildman–Crippen LogP) is 5.70. The van der Waals surface area contributed by atoms with Gasteiger partial charge in [-0.05, 0) is 59.7 Å². The number of esters is 1. The molecule has 10 heteroatoms. The number of amides is 3. The smallest absolute Gasteiger partial charge is 0.306 e. The Labute approximate surface area is 321 Å². The Bertz CT molecular complexity index is 2060. The third-order valence-corrected chi connectivity index (χ3v) is 11.3. The van der Waals surface area contributed by atoms with Crippen molar-refractivity contribution in [3.05, 3.63) is 140 Å². The van der Waals surface area contributed by atoms with E-state index in [-0.39, 0.29) is 25.5 Å². The van der Waals surface area contributed by atoms with Crippen molar-refractivity contribution in [2.75, 3.05) is 24.7 Å². The van der Waals surface area contributed by atoms with E-state index < -0.39 is 66.1 Å². The molecule has 3 fully saturated rings. The Hall–Kier alpha value is -5.58. The first-order chi connectivity index (χ1) is 26.8. The number of ether oxygens (including phenoxy) is 2. The van der Waals surface area contributed by atoms with Crippen LogP contribution in [-0.2, 0) is 35.1 Å². The van der Waals surface area contributed by atoms with Gasteiger partial charge in [0.15, 0.2) is 0 Å². The Balaban J connectivity index is 1.25. The summed E-state index contributed by atoms with van der Waals surface area (Å²) >= 11 is 0. The Morgan fingerprint density at radius 2 is 1.67 bits per heavy atom. The van der Waals surface area contributed by atoms with E-state index >= 15 is 9.59 Å². The molecule has 0 radical (unpaired) electrons. The summed E-state index contributed by atoms with van der Waals surface area (Å²) in [6, 6.07) is 29.8. The molecule has 3 saturated heterocycles. The molecule has 284 valence electrons. The summed E-state index contributed by atoms with van der Waals surface area (Å²) in [7, 11) is 0. The zero-order valence-electron chi connectivity index (χ0n) is 30.8. The van der Waals surface area contributed by atoms with Crippen molar-refractivity contribution in [2.45, 2.75) is 61.9 Å². The predicted molar refractivity (Wildman–Crippen MR) is 210 cm³/mol. The highest BCUT2D eigenvalue weighted by atomic mass is 16.5. The maximum Gasteiger partial charge on any atom is 0.306 e. The van der Waals surface area contributed by atoms with E-state index in [1.807, 2.05) is 103 Å². The summed E-state index contributed by atoms with van der Waals surface area (Å²) in [6.07, 6.45) is 4.45. The molecule has 0 aliphatic carbocycles. The first-order valence-corrected chi connectivity index (χ1v) is 19.0. The molecule has 0 unspecified atom stereocenters. The molecule has 0 saturated carbocycles. The van der Waals surface area contributed by atoms with Crippen LogP contribution in [0.1, 0.15) is 42.9 Å². The van der Waals surface area contributed by atoms with E-state index in [2.05, 4.69) is 18.5 Å². The Kier molecular flexibility index (Phi) is 11.3. The summed E-state index contributed by atoms with van der Waals surface area (Å²) in [6.45, 7) is 7.26. The molecule has 1 spiro atoms. The van der Waals surface area contributed by atoms with Crippen molar-refractivity contribution >= 4 is 40.2 Å². The number of anilines is 1. The highest BCUT2D eigenvalue weighted by Crippen LogP contribution is 2.59. The van der Waals surface area contributed by atoms with Gasteiger partial charge in [0, 0.05) is 18.7 Å². The number of aliphatic hydroxyl groups excluding tert-OH is 1. The van der Waals surface area contributed by atoms with Gasteiger partial charge in [-0.15, -0.1) is 13.2 Å². The molecule has 0 aromatic heterocycles. The summed E-state index contributed by atoms with van der Waals surface area (Å²) < 4.78 is 12.4. The van der Waals surface area contributed by atoms with Gasteiger partial charge in [0.2, 0.25) is 11.8 Å². The van der Waals surface area contributed by atoms with Crippen LogP contribution in [0.2, 0.25) is 0 Å². The molecule has 55 heavy (non-hydrogen) atoms. The van der Waals surface area contributed by atoms with Crippen LogP contribution in [0.25, 0.3) is 10.8 Å². The maximum absolute atomic E-state index is 15.3. The number of rotatable bonds is 16. The number of carbonyl (C=O) groups excluding carboxylic acids is 4. The number of benzene rings is 4. The fraction of sp³-hybridized carbons (Fsp3) is 0.333. The van der Waals surface area contributed by atoms with Crippen molar-refractivity contribution in [3.8, 4) is 0 Å². The van der Waals surface area contributed by atoms with E-state index in [4.69, 9.17) is 9.47 Å². The minimum Gasteiger partial charge on any atom is -0.463 e. The quantitative estimate of drug-likeness (QED) is 0.112. The molecule has 2 bridgehead atoms. The zero-order valence-corrected chi connectivity index (χ0v) is 30.8. The largest absolute Gasteiger partial charge is 0.463 e. The molecule has 7 atom stereocenters. The van der Waals surface area contributed by atoms with Crippen LogP contribution in [0.4, 0.5) is 5.69 Å². The van der Waals surface area contributed by atoms with E-state index in [0.29, 0.717) is 31.4 Å². The summed E-state index contributed by atoms with van der Waals surface area (Å²) in [5, 5.41) is 16.0. The molecule has 4 aromatic carbocycles. The lowest BCUT2D eigenvalue weighted by molar-refractivity contribution is -0.146. The van der Waals surface area contributed by atoms with Crippen molar-refractivity contribution in [1.82, 2.24) is 10.2 Å². The van der Waals surface area contributed by atoms with Crippen molar-refractivity contribution in [1.29, 1.82) is 0 Å². The first-order valence-electron chi connectivity index (χ1n) is 19.0. The van der Waals surface area contributed by atoms with Crippen LogP contribution < -0.4 is 10.2 Å². The second-order valence-corrected chi connectivity index (χ2v) is 14.6. The number of fused-ring (bicyclic) bond motifs is 2. The van der Waals surface area contributed by atoms with Gasteiger partial charge in [-0.1, -0.05) is 103 Å². The monoisotopic (exact) mass is 741 g/mol. The number of aliphatic hydroxyl groups is 1. The minimum absolute atomic E-state index is 0.104. The average molecular weight is 742 g/mol. The number of hydrogen-bond acceptors (Lipinski definition) is 7. The van der Waals surface area contributed by atoms with Crippen LogP contribution in [0, 0.1) is 11.8 Å². The number of carbonyl (C=O) groups is 4. The SMILES string of the molecule is C=CCCC(=O)OC[C@H](NC(=O)[C@@H]1[C@@H]2CC[C@]3(O2)[C@H](C(=O)N(CC=C)c2ccc4ccccc4c2)N([C@@H](CO)Cc2ccccc2)C(=O)[C@@H]13)c1ccccc1. The van der Waals surface area contributed by atoms with Gasteiger partial charge in [-0.3, -0.25) is 19.2 Å². The van der Waals surface area contributed by atoms with Gasteiger partial charge in [0.05, 0.1) is 36.6 Å². The van der Waals surface area contributed by atoms with Gasteiger partial charge in [0.25, 0.3) is 5.91 Å². The zero-order chi connectivity index (χ0) is 38.5. The van der Waals surface area contributed by atoms with Gasteiger partial charge in [-0.25, -0.2) is 0 Å². The van der Waals surface area contributed by atoms with Gasteiger partial charge < -0.3 is 29.7 Å². The van der Waals surface area contributed by atoms with Gasteiger partial charge in [-0.2, -0.15) is 0 Å². The Morgan fingerprint density at radius 1 is 0.964 bits per heavy atom. The number of hydrogen-bond donors (Lipinski definition) is 2. The molecule has 3 aliphatic heterocycles. The topological polar surface area (TPSA) is 125 Å². The lowest BCUT2D eigenvalue weighted by Crippen LogP contribution is -2.59. The highest BCUT2D eigenvalue weighted by molar-refractivity contribution is 6.06. The van der Waals surface area contributed by atoms with Crippen molar-refractivity contribution in [2.24, 2.45) is 11.8 Å². The van der Waals surface area contributed by atoms with E-state index in [9.17, 15) is 14.7 Å². The standard InChI is InChI=1S/C45H47N3O7/c1-3-5-20-38(50)54-29-36(32-17-10-7-11-18-32)46-42(51)39-37-23-24-45(55-37)40(39)43(52)48(35(28-49)26-30-14-8-6-9-15-30)41(45)44(53)47(25-4-2)34-22-21-31-16-12-13-19-33(31)27-34/h3-4,6-19,21-22,27,35-37,39-41,49H,1-2,5,20,23-26,28-29H2,(H,46,51)/t35-,36+,37+,39-,40-,41+,45-/m1/s1. The van der Waals surface area contributed by atoms with Crippen LogP contribution in [0.15, 0.2) is 128 Å². The second-order valence-electron chi connectivity index (χ2n) is 14.6. The molecule has 2 N–H and O–H groups in total. The summed E-state index contributed by atoms with van der Waals surface area (Å²) in [5.74, 6) is -3.51. The maximum atomic E-state index is 15.3. The number of nitrogens with one attached hydrogen (secondary N) is 1. The summed E-state index contributed by atoms with van der Waals surface area (Å²) in [5.41, 5.74) is 0.938. The Morgan fingerprint density at radius 3 is 2.38 bits per heavy atom. The fourth-order valence-corrected chi connectivity index (χ4v) is 8.79. The average Bonchev–Trinajstić information content (AvgIpc) is 3.87. The third kappa shape index (κ3) is 7.32. The molecule has 7 rings (SSSR count). The van der Waals surface area contributed by atoms with Crippen LogP contribution in [-0.4, -0.2) is 77.2 Å². The van der Waals surface area contributed by atoms with Gasteiger partial charge in [0.1, 0.15) is 18.2 Å². The summed E-state index contributed by atoms with van der Waals surface area (Å²) in [4.78, 5) is 60.5. The second kappa shape index (κ2) is 16.4. The van der Waals surface area contributed by atoms with Crippen molar-refractivity contribution < 1.29 is 33.8 Å². The normalized spacial score (nSPS) is 23.5. The molecular formula is C45H47N3O7. The molecule has 3 amide bonds. The van der Waals surface area contributed by atoms with Crippen LogP contribution in [0.5, 0.6) is 0 Å². The number of nitrogens with zero attached hydrogens (tertiary/aromatic N) is 2. The van der Waals surface area contributed by atoms with Gasteiger partial charge >= 0.3 is 5.97 Å². The number of likely N-dealkylation sites (tertiary alicyclic amines) is 1. The molecule has 3 aliphatic rings. The van der Waals surface area contributed by atoms with E-state index in [1.54, 1.807) is 17.1 Å². The third-order valence-electron chi connectivity index (χ3n) is 11.3. The lowest BCUT2D eigenvalue weighted by Gasteiger charge is -2.39. The lowest BCUT2D eigenvalue weighted by atomic mass is 9.70. The first kappa shape index (κ1) is 37.7. The molecular weight excluding hydrogens is 695 g/mol. The van der Waals surface area contributed by atoms with Crippen LogP contribution >= 0.6 is 0 Å². The minimum atomic E-state index is -1.32. The molecule has 4 aromatic rings. The highest BCUT2D eigenvalue weighted by Gasteiger charge is 2.75. The fourth-order valence-electron chi connectivity index (χ4n) is 8.79. The van der Waals surface area contributed by atoms with E-state index in [0.717, 1.165) is 21.9 Å². The number of allylic oxidation sites excluding steroid dienone is 1. The van der Waals surface area contributed by atoms with E-state index in [1.165, 1.54) is 4.90 Å².